The average Bonchev–Trinajstić information content (AvgIpc) is 2.35. The van der Waals surface area contributed by atoms with E-state index >= 15 is 0 Å². The van der Waals surface area contributed by atoms with Crippen molar-refractivity contribution < 1.29 is 4.74 Å². The lowest BCUT2D eigenvalue weighted by molar-refractivity contribution is 0.0607. The van der Waals surface area contributed by atoms with Crippen LogP contribution in [0.15, 0.2) is 0 Å². The van der Waals surface area contributed by atoms with Gasteiger partial charge in [0, 0.05) is 13.2 Å². The first-order valence-corrected chi connectivity index (χ1v) is 7.00. The fraction of sp³-hybridized carbons (Fsp3) is 1.00. The molecular weight excluding hydrogens is 212 g/mol. The molecule has 1 rings (SSSR count). The quantitative estimate of drug-likeness (QED) is 0.743. The third kappa shape index (κ3) is 6.39. The first kappa shape index (κ1) is 14.9. The number of hydrogen-bond donors (Lipinski definition) is 1. The first-order chi connectivity index (χ1) is 8.03. The number of nitrogens with two attached hydrogens (primary N) is 1. The predicted molar refractivity (Wildman–Crippen MR) is 73.1 cm³/mol. The molecule has 102 valence electrons. The number of nitrogens with zero attached hydrogens (tertiary/aromatic N) is 1. The van der Waals surface area contributed by atoms with Gasteiger partial charge in [-0.05, 0) is 63.7 Å². The van der Waals surface area contributed by atoms with Gasteiger partial charge in [-0.15, -0.1) is 0 Å². The summed E-state index contributed by atoms with van der Waals surface area (Å²) in [6.07, 6.45) is 5.01. The van der Waals surface area contributed by atoms with Crippen LogP contribution < -0.4 is 5.73 Å². The van der Waals surface area contributed by atoms with Crippen LogP contribution in [0, 0.1) is 11.3 Å². The van der Waals surface area contributed by atoms with Crippen molar-refractivity contribution in [2.45, 2.75) is 39.5 Å². The molecule has 0 spiro atoms. The topological polar surface area (TPSA) is 38.5 Å². The van der Waals surface area contributed by atoms with Crippen molar-refractivity contribution in [3.8, 4) is 0 Å². The summed E-state index contributed by atoms with van der Waals surface area (Å²) in [5, 5.41) is 0. The van der Waals surface area contributed by atoms with Gasteiger partial charge in [0.05, 0.1) is 0 Å². The summed E-state index contributed by atoms with van der Waals surface area (Å²) in [6, 6.07) is 0. The minimum Gasteiger partial charge on any atom is -0.381 e. The highest BCUT2D eigenvalue weighted by atomic mass is 16.5. The monoisotopic (exact) mass is 242 g/mol. The molecule has 3 nitrogen and oxygen atoms in total. The van der Waals surface area contributed by atoms with E-state index in [-0.39, 0.29) is 5.41 Å². The molecule has 1 heterocycles. The van der Waals surface area contributed by atoms with Crippen molar-refractivity contribution in [1.29, 1.82) is 0 Å². The fourth-order valence-corrected chi connectivity index (χ4v) is 2.15. The van der Waals surface area contributed by atoms with Crippen LogP contribution in [-0.4, -0.2) is 44.8 Å². The Balaban J connectivity index is 2.10. The van der Waals surface area contributed by atoms with Gasteiger partial charge in [0.25, 0.3) is 0 Å². The van der Waals surface area contributed by atoms with E-state index in [1.165, 1.54) is 32.2 Å². The SMILES string of the molecule is CN(CCC1CCOCC1)CCC(C)(C)CN. The molecule has 0 atom stereocenters. The molecule has 1 aliphatic heterocycles. The van der Waals surface area contributed by atoms with Crippen LogP contribution in [0.4, 0.5) is 0 Å². The molecule has 0 bridgehead atoms. The van der Waals surface area contributed by atoms with E-state index in [9.17, 15) is 0 Å². The maximum atomic E-state index is 5.75. The molecule has 17 heavy (non-hydrogen) atoms. The zero-order valence-electron chi connectivity index (χ0n) is 11.9. The summed E-state index contributed by atoms with van der Waals surface area (Å²) >= 11 is 0. The second-order valence-corrected chi connectivity index (χ2v) is 6.27. The molecular formula is C14H30N2O. The molecule has 0 unspecified atom stereocenters. The second-order valence-electron chi connectivity index (χ2n) is 6.27. The highest BCUT2D eigenvalue weighted by molar-refractivity contribution is 4.71. The summed E-state index contributed by atoms with van der Waals surface area (Å²) in [6.45, 7) is 9.58. The van der Waals surface area contributed by atoms with Crippen LogP contribution >= 0.6 is 0 Å². The minimum atomic E-state index is 0.285. The minimum absolute atomic E-state index is 0.285. The van der Waals surface area contributed by atoms with E-state index < -0.39 is 0 Å². The van der Waals surface area contributed by atoms with E-state index in [0.717, 1.165) is 32.2 Å². The smallest absolute Gasteiger partial charge is 0.0468 e. The van der Waals surface area contributed by atoms with Gasteiger partial charge in [-0.25, -0.2) is 0 Å². The van der Waals surface area contributed by atoms with Gasteiger partial charge in [-0.1, -0.05) is 13.8 Å². The van der Waals surface area contributed by atoms with E-state index in [1.807, 2.05) is 0 Å². The molecule has 2 N–H and O–H groups in total. The summed E-state index contributed by atoms with van der Waals surface area (Å²) < 4.78 is 5.39. The molecule has 0 aliphatic carbocycles. The van der Waals surface area contributed by atoms with Gasteiger partial charge in [0.2, 0.25) is 0 Å². The molecule has 0 amide bonds. The molecule has 3 heteroatoms. The lowest BCUT2D eigenvalue weighted by Gasteiger charge is -2.28. The van der Waals surface area contributed by atoms with Crippen molar-refractivity contribution in [2.24, 2.45) is 17.1 Å². The Labute approximate surface area is 107 Å². The van der Waals surface area contributed by atoms with Crippen molar-refractivity contribution >= 4 is 0 Å². The average molecular weight is 242 g/mol. The Kier molecular flexibility index (Phi) is 6.45. The molecule has 1 fully saturated rings. The standard InChI is InChI=1S/C14H30N2O/c1-14(2,12-15)7-9-16(3)8-4-13-5-10-17-11-6-13/h13H,4-12,15H2,1-3H3. The zero-order chi connectivity index (χ0) is 12.7. The van der Waals surface area contributed by atoms with Gasteiger partial charge in [-0.2, -0.15) is 0 Å². The van der Waals surface area contributed by atoms with Crippen LogP contribution in [0.25, 0.3) is 0 Å². The third-order valence-corrected chi connectivity index (χ3v) is 3.98. The fourth-order valence-electron chi connectivity index (χ4n) is 2.15. The number of rotatable bonds is 7. The number of hydrogen-bond acceptors (Lipinski definition) is 3. The van der Waals surface area contributed by atoms with Gasteiger partial charge in [0.1, 0.15) is 0 Å². The van der Waals surface area contributed by atoms with Gasteiger partial charge in [-0.3, -0.25) is 0 Å². The first-order valence-electron chi connectivity index (χ1n) is 7.00. The summed E-state index contributed by atoms with van der Waals surface area (Å²) in [7, 11) is 2.23. The Hall–Kier alpha value is -0.120. The third-order valence-electron chi connectivity index (χ3n) is 3.98. The summed E-state index contributed by atoms with van der Waals surface area (Å²) in [4.78, 5) is 2.45. The highest BCUT2D eigenvalue weighted by Crippen LogP contribution is 2.20. The zero-order valence-corrected chi connectivity index (χ0v) is 11.9. The van der Waals surface area contributed by atoms with E-state index in [1.54, 1.807) is 0 Å². The molecule has 0 aromatic heterocycles. The highest BCUT2D eigenvalue weighted by Gasteiger charge is 2.17. The van der Waals surface area contributed by atoms with Crippen LogP contribution in [0.1, 0.15) is 39.5 Å². The van der Waals surface area contributed by atoms with Crippen molar-refractivity contribution in [1.82, 2.24) is 4.90 Å². The van der Waals surface area contributed by atoms with Crippen LogP contribution in [0.2, 0.25) is 0 Å². The van der Waals surface area contributed by atoms with E-state index in [0.29, 0.717) is 0 Å². The molecule has 0 radical (unpaired) electrons. The largest absolute Gasteiger partial charge is 0.381 e. The van der Waals surface area contributed by atoms with Crippen molar-refractivity contribution in [3.63, 3.8) is 0 Å². The van der Waals surface area contributed by atoms with Crippen LogP contribution in [0.3, 0.4) is 0 Å². The maximum Gasteiger partial charge on any atom is 0.0468 e. The normalized spacial score (nSPS) is 18.9. The number of ether oxygens (including phenoxy) is 1. The lowest BCUT2D eigenvalue weighted by Crippen LogP contribution is -2.31. The Morgan fingerprint density at radius 1 is 1.24 bits per heavy atom. The second kappa shape index (κ2) is 7.34. The molecule has 1 saturated heterocycles. The Morgan fingerprint density at radius 3 is 2.47 bits per heavy atom. The Bertz CT molecular complexity index is 200. The Morgan fingerprint density at radius 2 is 1.88 bits per heavy atom. The summed E-state index contributed by atoms with van der Waals surface area (Å²) in [5.41, 5.74) is 6.04. The maximum absolute atomic E-state index is 5.75. The summed E-state index contributed by atoms with van der Waals surface area (Å²) in [5.74, 6) is 0.883. The van der Waals surface area contributed by atoms with Crippen molar-refractivity contribution in [2.75, 3.05) is 39.9 Å². The van der Waals surface area contributed by atoms with Crippen molar-refractivity contribution in [3.05, 3.63) is 0 Å². The predicted octanol–water partition coefficient (Wildman–Crippen LogP) is 2.11. The molecule has 0 saturated carbocycles. The van der Waals surface area contributed by atoms with E-state index in [4.69, 9.17) is 10.5 Å². The van der Waals surface area contributed by atoms with E-state index in [2.05, 4.69) is 25.8 Å². The van der Waals surface area contributed by atoms with Crippen LogP contribution in [0.5, 0.6) is 0 Å². The molecule has 1 aliphatic rings. The van der Waals surface area contributed by atoms with Gasteiger partial charge < -0.3 is 15.4 Å². The molecule has 0 aromatic carbocycles. The van der Waals surface area contributed by atoms with Crippen LogP contribution in [-0.2, 0) is 4.74 Å². The van der Waals surface area contributed by atoms with Gasteiger partial charge >= 0.3 is 0 Å². The lowest BCUT2D eigenvalue weighted by atomic mass is 9.89. The molecule has 0 aromatic rings. The van der Waals surface area contributed by atoms with Gasteiger partial charge in [0.15, 0.2) is 0 Å².